The van der Waals surface area contributed by atoms with E-state index in [2.05, 4.69) is 10.3 Å². The smallest absolute Gasteiger partial charge is 0.262 e. The summed E-state index contributed by atoms with van der Waals surface area (Å²) in [7, 11) is 1.62. The van der Waals surface area contributed by atoms with E-state index in [-0.39, 0.29) is 34.3 Å². The molecule has 1 amide bonds. The van der Waals surface area contributed by atoms with E-state index in [4.69, 9.17) is 0 Å². The van der Waals surface area contributed by atoms with Crippen LogP contribution in [-0.2, 0) is 11.8 Å². The molecule has 0 spiro atoms. The fourth-order valence-electron chi connectivity index (χ4n) is 3.61. The molecule has 2 aromatic carbocycles. The summed E-state index contributed by atoms with van der Waals surface area (Å²) in [6.07, 6.45) is 0. The van der Waals surface area contributed by atoms with Crippen molar-refractivity contribution >= 4 is 56.5 Å². The van der Waals surface area contributed by atoms with Gasteiger partial charge in [-0.15, -0.1) is 11.3 Å². The Balaban J connectivity index is 1.34. The number of benzene rings is 2. The summed E-state index contributed by atoms with van der Waals surface area (Å²) < 4.78 is 1.42. The molecule has 9 heteroatoms. The molecule has 4 aromatic rings. The summed E-state index contributed by atoms with van der Waals surface area (Å²) in [4.78, 5) is 55.5. The number of nitrogens with one attached hydrogen (secondary N) is 1. The molecule has 0 fully saturated rings. The minimum Gasteiger partial charge on any atom is -0.325 e. The van der Waals surface area contributed by atoms with E-state index in [9.17, 15) is 19.2 Å². The number of hydrogen-bond acceptors (Lipinski definition) is 7. The predicted octanol–water partition coefficient (Wildman–Crippen LogP) is 3.50. The van der Waals surface area contributed by atoms with Gasteiger partial charge in [-0.25, -0.2) is 4.98 Å². The highest BCUT2D eigenvalue weighted by molar-refractivity contribution is 7.99. The van der Waals surface area contributed by atoms with Crippen LogP contribution in [0.4, 0.5) is 5.69 Å². The largest absolute Gasteiger partial charge is 0.325 e. The van der Waals surface area contributed by atoms with Crippen molar-refractivity contribution < 1.29 is 14.4 Å². The molecule has 0 radical (unpaired) electrons. The average molecular weight is 462 g/mol. The van der Waals surface area contributed by atoms with Crippen LogP contribution in [0.2, 0.25) is 0 Å². The number of rotatable bonds is 4. The molecule has 7 nitrogen and oxygen atoms in total. The van der Waals surface area contributed by atoms with Gasteiger partial charge in [0.2, 0.25) is 5.91 Å². The maximum Gasteiger partial charge on any atom is 0.262 e. The molecular formula is C23H15N3O4S2. The fraction of sp³-hybridized carbons (Fsp3) is 0.0870. The van der Waals surface area contributed by atoms with Crippen LogP contribution >= 0.6 is 23.1 Å². The maximum atomic E-state index is 12.8. The Kier molecular flexibility index (Phi) is 4.99. The van der Waals surface area contributed by atoms with Crippen molar-refractivity contribution in [1.82, 2.24) is 9.55 Å². The van der Waals surface area contributed by atoms with Crippen molar-refractivity contribution in [3.63, 3.8) is 0 Å². The second-order valence-electron chi connectivity index (χ2n) is 7.20. The highest BCUT2D eigenvalue weighted by atomic mass is 32.2. The molecule has 1 N–H and O–H groups in total. The number of ketones is 2. The molecule has 0 unspecified atom stereocenters. The third-order valence-electron chi connectivity index (χ3n) is 5.21. The molecule has 5 rings (SSSR count). The first-order valence-electron chi connectivity index (χ1n) is 9.63. The number of anilines is 1. The van der Waals surface area contributed by atoms with Gasteiger partial charge >= 0.3 is 0 Å². The zero-order valence-corrected chi connectivity index (χ0v) is 18.4. The Morgan fingerprint density at radius 3 is 2.44 bits per heavy atom. The number of aromatic nitrogens is 2. The number of carbonyl (C=O) groups excluding carboxylic acids is 3. The van der Waals surface area contributed by atoms with Crippen LogP contribution in [0.3, 0.4) is 0 Å². The Morgan fingerprint density at radius 1 is 1.00 bits per heavy atom. The highest BCUT2D eigenvalue weighted by Crippen LogP contribution is 2.29. The van der Waals surface area contributed by atoms with Gasteiger partial charge in [0.1, 0.15) is 4.83 Å². The minimum absolute atomic E-state index is 0.0317. The van der Waals surface area contributed by atoms with Crippen molar-refractivity contribution in [3.8, 4) is 0 Å². The topological polar surface area (TPSA) is 98.1 Å². The number of thioether (sulfide) groups is 1. The summed E-state index contributed by atoms with van der Waals surface area (Å²) in [5, 5.41) is 5.56. The monoisotopic (exact) mass is 461 g/mol. The van der Waals surface area contributed by atoms with Gasteiger partial charge < -0.3 is 5.32 Å². The molecule has 0 bridgehead atoms. The third-order valence-corrected chi connectivity index (χ3v) is 7.04. The molecule has 1 aliphatic rings. The van der Waals surface area contributed by atoms with Crippen molar-refractivity contribution in [2.75, 3.05) is 11.1 Å². The van der Waals surface area contributed by atoms with Crippen LogP contribution in [-0.4, -0.2) is 32.8 Å². The average Bonchev–Trinajstić information content (AvgIpc) is 3.27. The number of nitrogens with zero attached hydrogens (tertiary/aromatic N) is 2. The molecule has 158 valence electrons. The van der Waals surface area contributed by atoms with Crippen LogP contribution in [0.1, 0.15) is 31.8 Å². The number of hydrogen-bond donors (Lipinski definition) is 1. The van der Waals surface area contributed by atoms with E-state index in [1.54, 1.807) is 54.9 Å². The van der Waals surface area contributed by atoms with Crippen LogP contribution in [0.15, 0.2) is 63.9 Å². The SMILES string of the molecule is Cn1c(SCC(=O)Nc2ccc3c(c2)C(=O)c2ccccc2C3=O)nc2sccc2c1=O. The van der Waals surface area contributed by atoms with Crippen molar-refractivity contribution in [1.29, 1.82) is 0 Å². The molecule has 0 saturated heterocycles. The summed E-state index contributed by atoms with van der Waals surface area (Å²) >= 11 is 2.52. The lowest BCUT2D eigenvalue weighted by Gasteiger charge is -2.18. The van der Waals surface area contributed by atoms with Crippen molar-refractivity contribution in [2.24, 2.45) is 7.05 Å². The van der Waals surface area contributed by atoms with Gasteiger partial charge in [0.05, 0.1) is 11.1 Å². The molecule has 1 aliphatic carbocycles. The van der Waals surface area contributed by atoms with Gasteiger partial charge in [-0.05, 0) is 29.6 Å². The number of carbonyl (C=O) groups is 3. The molecule has 0 atom stereocenters. The second kappa shape index (κ2) is 7.85. The van der Waals surface area contributed by atoms with Crippen LogP contribution in [0, 0.1) is 0 Å². The van der Waals surface area contributed by atoms with E-state index in [0.717, 1.165) is 11.8 Å². The lowest BCUT2D eigenvalue weighted by atomic mass is 9.84. The molecule has 0 aliphatic heterocycles. The standard InChI is InChI=1S/C23H15N3O4S2/c1-26-22(30)16-8-9-31-21(16)25-23(26)32-11-18(27)24-12-6-7-15-17(10-12)20(29)14-5-3-2-4-13(14)19(15)28/h2-10H,11H2,1H3,(H,24,27). The fourth-order valence-corrected chi connectivity index (χ4v) is 5.19. The lowest BCUT2D eigenvalue weighted by molar-refractivity contribution is -0.113. The van der Waals surface area contributed by atoms with Gasteiger partial charge in [0.25, 0.3) is 5.56 Å². The third kappa shape index (κ3) is 3.35. The normalized spacial score (nSPS) is 12.5. The Hall–Kier alpha value is -3.56. The summed E-state index contributed by atoms with van der Waals surface area (Å²) in [6, 6.07) is 13.1. The zero-order valence-electron chi connectivity index (χ0n) is 16.7. The van der Waals surface area contributed by atoms with Gasteiger partial charge in [0, 0.05) is 35.0 Å². The van der Waals surface area contributed by atoms with Gasteiger partial charge in [0.15, 0.2) is 16.7 Å². The van der Waals surface area contributed by atoms with Gasteiger partial charge in [-0.1, -0.05) is 36.0 Å². The molecular weight excluding hydrogens is 446 g/mol. The summed E-state index contributed by atoms with van der Waals surface area (Å²) in [5.41, 5.74) is 1.61. The van der Waals surface area contributed by atoms with Gasteiger partial charge in [-0.2, -0.15) is 0 Å². The Morgan fingerprint density at radius 2 is 1.69 bits per heavy atom. The zero-order chi connectivity index (χ0) is 22.4. The Labute approximate surface area is 190 Å². The van der Waals surface area contributed by atoms with Gasteiger partial charge in [-0.3, -0.25) is 23.7 Å². The van der Waals surface area contributed by atoms with E-state index < -0.39 is 0 Å². The molecule has 0 saturated carbocycles. The maximum absolute atomic E-state index is 12.8. The quantitative estimate of drug-likeness (QED) is 0.325. The first-order valence-corrected chi connectivity index (χ1v) is 11.5. The molecule has 32 heavy (non-hydrogen) atoms. The van der Waals surface area contributed by atoms with E-state index in [1.807, 2.05) is 0 Å². The molecule has 2 aromatic heterocycles. The van der Waals surface area contributed by atoms with E-state index in [1.165, 1.54) is 22.0 Å². The second-order valence-corrected chi connectivity index (χ2v) is 9.04. The van der Waals surface area contributed by atoms with E-state index in [0.29, 0.717) is 37.8 Å². The number of thiophene rings is 1. The minimum atomic E-state index is -0.314. The summed E-state index contributed by atoms with van der Waals surface area (Å²) in [5.74, 6) is -0.738. The Bertz CT molecular complexity index is 1500. The summed E-state index contributed by atoms with van der Waals surface area (Å²) in [6.45, 7) is 0. The lowest BCUT2D eigenvalue weighted by Crippen LogP contribution is -2.22. The highest BCUT2D eigenvalue weighted by Gasteiger charge is 2.29. The first kappa shape index (κ1) is 20.3. The predicted molar refractivity (Wildman–Crippen MR) is 124 cm³/mol. The van der Waals surface area contributed by atoms with Crippen LogP contribution in [0.25, 0.3) is 10.2 Å². The van der Waals surface area contributed by atoms with E-state index >= 15 is 0 Å². The first-order chi connectivity index (χ1) is 15.4. The van der Waals surface area contributed by atoms with Crippen molar-refractivity contribution in [3.05, 3.63) is 86.5 Å². The van der Waals surface area contributed by atoms with Crippen molar-refractivity contribution in [2.45, 2.75) is 5.16 Å². The number of fused-ring (bicyclic) bond motifs is 3. The van der Waals surface area contributed by atoms with Crippen LogP contribution in [0.5, 0.6) is 0 Å². The number of amides is 1. The molecule has 2 heterocycles. The van der Waals surface area contributed by atoms with Crippen LogP contribution < -0.4 is 10.9 Å².